The summed E-state index contributed by atoms with van der Waals surface area (Å²) in [7, 11) is 0. The lowest BCUT2D eigenvalue weighted by Gasteiger charge is -2.06. The fraction of sp³-hybridized carbons (Fsp3) is 0.0500. The van der Waals surface area contributed by atoms with Crippen LogP contribution < -0.4 is 10.6 Å². The highest BCUT2D eigenvalue weighted by Gasteiger charge is 2.10. The van der Waals surface area contributed by atoms with Gasteiger partial charge in [-0.3, -0.25) is 14.6 Å². The highest BCUT2D eigenvalue weighted by atomic mass is 16.2. The van der Waals surface area contributed by atoms with Gasteiger partial charge in [0.2, 0.25) is 5.91 Å². The zero-order valence-corrected chi connectivity index (χ0v) is 14.4. The van der Waals surface area contributed by atoms with E-state index in [-0.39, 0.29) is 11.5 Å². The smallest absolute Gasteiger partial charge is 0.266 e. The first-order valence-corrected chi connectivity index (χ1v) is 8.08. The van der Waals surface area contributed by atoms with Crippen molar-refractivity contribution in [1.82, 2.24) is 9.97 Å². The first kappa shape index (κ1) is 17.8. The lowest BCUT2D eigenvalue weighted by molar-refractivity contribution is -0.114. The molecule has 2 N–H and O–H groups in total. The molecule has 3 rings (SSSR count). The molecule has 7 nitrogen and oxygen atoms in total. The molecule has 1 aromatic heterocycles. The SMILES string of the molecule is CC(=O)Nc1ccc(NC(=O)/C(C#N)=C/c2cnc3ccccc3n2)cc1. The summed E-state index contributed by atoms with van der Waals surface area (Å²) in [5.41, 5.74) is 2.85. The summed E-state index contributed by atoms with van der Waals surface area (Å²) in [6.07, 6.45) is 2.90. The molecule has 132 valence electrons. The number of nitriles is 1. The van der Waals surface area contributed by atoms with Gasteiger partial charge >= 0.3 is 0 Å². The number of fused-ring (bicyclic) bond motifs is 1. The lowest BCUT2D eigenvalue weighted by atomic mass is 10.2. The number of nitrogens with one attached hydrogen (secondary N) is 2. The number of nitrogens with zero attached hydrogens (tertiary/aromatic N) is 3. The maximum atomic E-state index is 12.4. The second-order valence-electron chi connectivity index (χ2n) is 5.67. The van der Waals surface area contributed by atoms with Crippen LogP contribution in [0.15, 0.2) is 60.3 Å². The van der Waals surface area contributed by atoms with Crippen molar-refractivity contribution in [2.75, 3.05) is 10.6 Å². The van der Waals surface area contributed by atoms with Crippen molar-refractivity contribution in [2.24, 2.45) is 0 Å². The van der Waals surface area contributed by atoms with Crippen molar-refractivity contribution in [2.45, 2.75) is 6.92 Å². The fourth-order valence-electron chi connectivity index (χ4n) is 2.38. The van der Waals surface area contributed by atoms with Gasteiger partial charge < -0.3 is 10.6 Å². The Balaban J connectivity index is 1.77. The van der Waals surface area contributed by atoms with E-state index in [1.54, 1.807) is 24.3 Å². The van der Waals surface area contributed by atoms with Crippen molar-refractivity contribution in [1.29, 1.82) is 5.26 Å². The molecule has 0 bridgehead atoms. The van der Waals surface area contributed by atoms with E-state index in [0.29, 0.717) is 22.6 Å². The molecule has 0 spiro atoms. The number of rotatable bonds is 4. The molecule has 0 aliphatic heterocycles. The Labute approximate surface area is 155 Å². The fourth-order valence-corrected chi connectivity index (χ4v) is 2.38. The summed E-state index contributed by atoms with van der Waals surface area (Å²) in [6.45, 7) is 1.41. The van der Waals surface area contributed by atoms with Crippen LogP contribution in [-0.4, -0.2) is 21.8 Å². The molecular weight excluding hydrogens is 342 g/mol. The van der Waals surface area contributed by atoms with Gasteiger partial charge in [0, 0.05) is 18.3 Å². The van der Waals surface area contributed by atoms with Gasteiger partial charge in [0.25, 0.3) is 5.91 Å². The summed E-state index contributed by atoms with van der Waals surface area (Å²) in [5, 5.41) is 14.6. The lowest BCUT2D eigenvalue weighted by Crippen LogP contribution is -2.13. The first-order valence-electron chi connectivity index (χ1n) is 8.08. The second kappa shape index (κ2) is 7.89. The van der Waals surface area contributed by atoms with Crippen LogP contribution in [0.3, 0.4) is 0 Å². The molecule has 0 saturated heterocycles. The quantitative estimate of drug-likeness (QED) is 0.551. The zero-order valence-electron chi connectivity index (χ0n) is 14.4. The van der Waals surface area contributed by atoms with Crippen LogP contribution in [-0.2, 0) is 9.59 Å². The van der Waals surface area contributed by atoms with Gasteiger partial charge in [-0.15, -0.1) is 0 Å². The number of anilines is 2. The van der Waals surface area contributed by atoms with Crippen molar-refractivity contribution < 1.29 is 9.59 Å². The Morgan fingerprint density at radius 2 is 1.63 bits per heavy atom. The molecule has 0 aliphatic rings. The normalized spacial score (nSPS) is 10.9. The molecule has 3 aromatic rings. The highest BCUT2D eigenvalue weighted by molar-refractivity contribution is 6.09. The Bertz CT molecular complexity index is 1080. The Morgan fingerprint density at radius 3 is 2.26 bits per heavy atom. The van der Waals surface area contributed by atoms with E-state index >= 15 is 0 Å². The third kappa shape index (κ3) is 4.52. The van der Waals surface area contributed by atoms with Gasteiger partial charge in [0.15, 0.2) is 0 Å². The van der Waals surface area contributed by atoms with E-state index < -0.39 is 5.91 Å². The van der Waals surface area contributed by atoms with Gasteiger partial charge in [-0.1, -0.05) is 12.1 Å². The molecule has 0 radical (unpaired) electrons. The third-order valence-electron chi connectivity index (χ3n) is 3.59. The Morgan fingerprint density at radius 1 is 1.00 bits per heavy atom. The van der Waals surface area contributed by atoms with Crippen molar-refractivity contribution in [3.63, 3.8) is 0 Å². The summed E-state index contributed by atoms with van der Waals surface area (Å²) in [6, 6.07) is 15.8. The molecular formula is C20H15N5O2. The number of carbonyl (C=O) groups is 2. The van der Waals surface area contributed by atoms with Gasteiger partial charge in [-0.05, 0) is 42.5 Å². The molecule has 0 saturated carbocycles. The van der Waals surface area contributed by atoms with E-state index in [9.17, 15) is 14.9 Å². The van der Waals surface area contributed by atoms with Crippen LogP contribution in [0.1, 0.15) is 12.6 Å². The Hall–Kier alpha value is -4.05. The topological polar surface area (TPSA) is 108 Å². The number of benzene rings is 2. The largest absolute Gasteiger partial charge is 0.326 e. The number of para-hydroxylation sites is 2. The van der Waals surface area contributed by atoms with Gasteiger partial charge in [0.1, 0.15) is 11.6 Å². The number of carbonyl (C=O) groups excluding carboxylic acids is 2. The summed E-state index contributed by atoms with van der Waals surface area (Å²) in [5.74, 6) is -0.738. The summed E-state index contributed by atoms with van der Waals surface area (Å²) >= 11 is 0. The highest BCUT2D eigenvalue weighted by Crippen LogP contribution is 2.15. The van der Waals surface area contributed by atoms with E-state index in [2.05, 4.69) is 20.6 Å². The van der Waals surface area contributed by atoms with Crippen LogP contribution in [0.2, 0.25) is 0 Å². The van der Waals surface area contributed by atoms with Crippen LogP contribution in [0.5, 0.6) is 0 Å². The van der Waals surface area contributed by atoms with Gasteiger partial charge in [0.05, 0.1) is 22.9 Å². The van der Waals surface area contributed by atoms with Crippen LogP contribution in [0, 0.1) is 11.3 Å². The molecule has 2 aromatic carbocycles. The van der Waals surface area contributed by atoms with Crippen molar-refractivity contribution >= 4 is 40.3 Å². The Kier molecular flexibility index (Phi) is 5.19. The molecule has 0 atom stereocenters. The predicted octanol–water partition coefficient (Wildman–Crippen LogP) is 3.13. The molecule has 7 heteroatoms. The maximum Gasteiger partial charge on any atom is 0.266 e. The molecule has 27 heavy (non-hydrogen) atoms. The first-order chi connectivity index (χ1) is 13.0. The third-order valence-corrected chi connectivity index (χ3v) is 3.59. The molecule has 0 aliphatic carbocycles. The minimum Gasteiger partial charge on any atom is -0.326 e. The summed E-state index contributed by atoms with van der Waals surface area (Å²) in [4.78, 5) is 32.0. The molecule has 1 heterocycles. The van der Waals surface area contributed by atoms with Crippen LogP contribution in [0.25, 0.3) is 17.1 Å². The summed E-state index contributed by atoms with van der Waals surface area (Å²) < 4.78 is 0. The number of hydrogen-bond acceptors (Lipinski definition) is 5. The minimum atomic E-state index is -0.556. The average Bonchev–Trinajstić information content (AvgIpc) is 2.67. The molecule has 0 unspecified atom stereocenters. The predicted molar refractivity (Wildman–Crippen MR) is 103 cm³/mol. The average molecular weight is 357 g/mol. The number of aromatic nitrogens is 2. The van der Waals surface area contributed by atoms with E-state index in [4.69, 9.17) is 0 Å². The number of hydrogen-bond donors (Lipinski definition) is 2. The van der Waals surface area contributed by atoms with E-state index in [1.165, 1.54) is 19.2 Å². The zero-order chi connectivity index (χ0) is 19.2. The molecule has 2 amide bonds. The van der Waals surface area contributed by atoms with Crippen LogP contribution in [0.4, 0.5) is 11.4 Å². The van der Waals surface area contributed by atoms with Crippen LogP contribution >= 0.6 is 0 Å². The van der Waals surface area contributed by atoms with Gasteiger partial charge in [-0.2, -0.15) is 5.26 Å². The molecule has 0 fully saturated rings. The van der Waals surface area contributed by atoms with E-state index in [1.807, 2.05) is 30.3 Å². The monoisotopic (exact) mass is 357 g/mol. The maximum absolute atomic E-state index is 12.4. The van der Waals surface area contributed by atoms with E-state index in [0.717, 1.165) is 5.52 Å². The number of amides is 2. The standard InChI is InChI=1S/C20H15N5O2/c1-13(26)23-15-6-8-16(9-7-15)25-20(27)14(11-21)10-17-12-22-18-4-2-3-5-19(18)24-17/h2-10,12H,1H3,(H,23,26)(H,25,27)/b14-10+. The minimum absolute atomic E-state index is 0.0921. The second-order valence-corrected chi connectivity index (χ2v) is 5.67. The van der Waals surface area contributed by atoms with Crippen molar-refractivity contribution in [3.8, 4) is 6.07 Å². The van der Waals surface area contributed by atoms with Crippen molar-refractivity contribution in [3.05, 3.63) is 66.0 Å². The van der Waals surface area contributed by atoms with Gasteiger partial charge in [-0.25, -0.2) is 4.98 Å².